The van der Waals surface area contributed by atoms with Crippen molar-refractivity contribution in [3.63, 3.8) is 0 Å². The van der Waals surface area contributed by atoms with Crippen LogP contribution >= 0.6 is 11.8 Å². The molecule has 1 aromatic carbocycles. The van der Waals surface area contributed by atoms with E-state index in [1.807, 2.05) is 0 Å². The van der Waals surface area contributed by atoms with Crippen molar-refractivity contribution in [2.75, 3.05) is 22.5 Å². The molecule has 1 unspecified atom stereocenters. The van der Waals surface area contributed by atoms with Gasteiger partial charge in [0, 0.05) is 6.07 Å². The number of nitrogens with zero attached hydrogens (tertiary/aromatic N) is 2. The molecule has 0 aliphatic carbocycles. The predicted octanol–water partition coefficient (Wildman–Crippen LogP) is 1.34. The van der Waals surface area contributed by atoms with Gasteiger partial charge in [-0.2, -0.15) is 0 Å². The molecule has 0 radical (unpaired) electrons. The average molecular weight is 304 g/mol. The Morgan fingerprint density at radius 2 is 1.81 bits per heavy atom. The SMILES string of the molecule is CC(Sc1nc(N)cc(N)n1)C(=O)Nc1ccccc1N. The van der Waals surface area contributed by atoms with Crippen molar-refractivity contribution in [2.24, 2.45) is 0 Å². The van der Waals surface area contributed by atoms with E-state index in [1.165, 1.54) is 17.8 Å². The van der Waals surface area contributed by atoms with E-state index in [1.54, 1.807) is 31.2 Å². The number of carbonyl (C=O) groups excluding carboxylic acids is 1. The largest absolute Gasteiger partial charge is 0.397 e. The Bertz CT molecular complexity index is 643. The van der Waals surface area contributed by atoms with E-state index < -0.39 is 5.25 Å². The smallest absolute Gasteiger partial charge is 0.237 e. The highest BCUT2D eigenvalue weighted by molar-refractivity contribution is 8.00. The van der Waals surface area contributed by atoms with Crippen LogP contribution in [0.15, 0.2) is 35.5 Å². The lowest BCUT2D eigenvalue weighted by Gasteiger charge is -2.12. The Hall–Kier alpha value is -2.48. The topological polar surface area (TPSA) is 133 Å². The highest BCUT2D eigenvalue weighted by atomic mass is 32.2. The second kappa shape index (κ2) is 6.31. The molecule has 1 amide bonds. The van der Waals surface area contributed by atoms with Gasteiger partial charge in [0.15, 0.2) is 5.16 Å². The molecule has 0 aliphatic heterocycles. The molecular formula is C13H16N6OS. The van der Waals surface area contributed by atoms with E-state index >= 15 is 0 Å². The standard InChI is InChI=1S/C13H16N6OS/c1-7(21-13-18-10(15)6-11(16)19-13)12(20)17-9-5-3-2-4-8(9)14/h2-7H,14H2,1H3,(H,17,20)(H4,15,16,18,19). The Balaban J connectivity index is 2.04. The normalized spacial score (nSPS) is 11.9. The number of para-hydroxylation sites is 2. The number of hydrogen-bond acceptors (Lipinski definition) is 7. The lowest BCUT2D eigenvalue weighted by molar-refractivity contribution is -0.115. The third kappa shape index (κ3) is 3.99. The van der Waals surface area contributed by atoms with Crippen molar-refractivity contribution in [3.05, 3.63) is 30.3 Å². The zero-order valence-electron chi connectivity index (χ0n) is 11.4. The predicted molar refractivity (Wildman–Crippen MR) is 85.7 cm³/mol. The number of nitrogens with one attached hydrogen (secondary N) is 1. The fourth-order valence-electron chi connectivity index (χ4n) is 1.57. The van der Waals surface area contributed by atoms with Crippen LogP contribution in [0.5, 0.6) is 0 Å². The number of anilines is 4. The van der Waals surface area contributed by atoms with Crippen molar-refractivity contribution in [3.8, 4) is 0 Å². The summed E-state index contributed by atoms with van der Waals surface area (Å²) >= 11 is 1.17. The van der Waals surface area contributed by atoms with Gasteiger partial charge in [0.1, 0.15) is 11.6 Å². The summed E-state index contributed by atoms with van der Waals surface area (Å²) in [6.45, 7) is 1.74. The van der Waals surface area contributed by atoms with Gasteiger partial charge in [-0.05, 0) is 19.1 Å². The number of benzene rings is 1. The Labute approximate surface area is 126 Å². The van der Waals surface area contributed by atoms with E-state index in [-0.39, 0.29) is 17.5 Å². The van der Waals surface area contributed by atoms with E-state index in [0.717, 1.165) is 0 Å². The van der Waals surface area contributed by atoms with Gasteiger partial charge in [-0.15, -0.1) is 0 Å². The number of nitrogen functional groups attached to an aromatic ring is 3. The summed E-state index contributed by atoms with van der Waals surface area (Å²) in [5.74, 6) is 0.331. The van der Waals surface area contributed by atoms with E-state index in [4.69, 9.17) is 17.2 Å². The quantitative estimate of drug-likeness (QED) is 0.380. The summed E-state index contributed by atoms with van der Waals surface area (Å²) in [7, 11) is 0. The Kier molecular flexibility index (Phi) is 4.49. The fourth-order valence-corrected chi connectivity index (χ4v) is 2.37. The van der Waals surface area contributed by atoms with Gasteiger partial charge >= 0.3 is 0 Å². The van der Waals surface area contributed by atoms with Crippen molar-refractivity contribution in [1.82, 2.24) is 9.97 Å². The molecule has 1 aromatic heterocycles. The fraction of sp³-hybridized carbons (Fsp3) is 0.154. The zero-order chi connectivity index (χ0) is 15.4. The third-order valence-corrected chi connectivity index (χ3v) is 3.58. The van der Waals surface area contributed by atoms with E-state index in [0.29, 0.717) is 16.5 Å². The van der Waals surface area contributed by atoms with Gasteiger partial charge < -0.3 is 22.5 Å². The highest BCUT2D eigenvalue weighted by Gasteiger charge is 2.17. The molecule has 1 heterocycles. The molecule has 0 saturated heterocycles. The Morgan fingerprint density at radius 1 is 1.19 bits per heavy atom. The first-order valence-corrected chi connectivity index (χ1v) is 7.05. The molecule has 0 fully saturated rings. The number of hydrogen-bond donors (Lipinski definition) is 4. The molecule has 110 valence electrons. The maximum atomic E-state index is 12.1. The minimum Gasteiger partial charge on any atom is -0.397 e. The molecule has 2 rings (SSSR count). The van der Waals surface area contributed by atoms with Crippen molar-refractivity contribution in [2.45, 2.75) is 17.3 Å². The molecule has 7 nitrogen and oxygen atoms in total. The summed E-state index contributed by atoms with van der Waals surface area (Å²) in [5, 5.41) is 2.69. The van der Waals surface area contributed by atoms with Crippen LogP contribution in [0.1, 0.15) is 6.92 Å². The number of rotatable bonds is 4. The number of aromatic nitrogens is 2. The van der Waals surface area contributed by atoms with Crippen LogP contribution in [0.2, 0.25) is 0 Å². The minimum absolute atomic E-state index is 0.206. The molecule has 8 heteroatoms. The highest BCUT2D eigenvalue weighted by Crippen LogP contribution is 2.24. The molecule has 0 aliphatic rings. The monoisotopic (exact) mass is 304 g/mol. The summed E-state index contributed by atoms with van der Waals surface area (Å²) in [6, 6.07) is 8.51. The molecular weight excluding hydrogens is 288 g/mol. The van der Waals surface area contributed by atoms with Crippen LogP contribution in [-0.2, 0) is 4.79 Å². The first-order chi connectivity index (χ1) is 9.95. The summed E-state index contributed by atoms with van der Waals surface area (Å²) in [4.78, 5) is 20.2. The van der Waals surface area contributed by atoms with Gasteiger partial charge in [0.25, 0.3) is 0 Å². The van der Waals surface area contributed by atoms with Crippen LogP contribution in [-0.4, -0.2) is 21.1 Å². The maximum Gasteiger partial charge on any atom is 0.237 e. The summed E-state index contributed by atoms with van der Waals surface area (Å²) in [5.41, 5.74) is 18.0. The van der Waals surface area contributed by atoms with Gasteiger partial charge in [0.05, 0.1) is 16.6 Å². The van der Waals surface area contributed by atoms with Gasteiger partial charge in [-0.1, -0.05) is 23.9 Å². The molecule has 2 aromatic rings. The number of amides is 1. The molecule has 0 bridgehead atoms. The van der Waals surface area contributed by atoms with E-state index in [9.17, 15) is 4.79 Å². The van der Waals surface area contributed by atoms with Crippen LogP contribution in [0.25, 0.3) is 0 Å². The van der Waals surface area contributed by atoms with Crippen LogP contribution < -0.4 is 22.5 Å². The van der Waals surface area contributed by atoms with Crippen molar-refractivity contribution in [1.29, 1.82) is 0 Å². The van der Waals surface area contributed by atoms with E-state index in [2.05, 4.69) is 15.3 Å². The summed E-state index contributed by atoms with van der Waals surface area (Å²) in [6.07, 6.45) is 0. The maximum absolute atomic E-state index is 12.1. The first kappa shape index (κ1) is 14.9. The second-order valence-electron chi connectivity index (χ2n) is 4.34. The van der Waals surface area contributed by atoms with Crippen molar-refractivity contribution < 1.29 is 4.79 Å². The summed E-state index contributed by atoms with van der Waals surface area (Å²) < 4.78 is 0. The second-order valence-corrected chi connectivity index (χ2v) is 5.64. The van der Waals surface area contributed by atoms with Crippen LogP contribution in [0, 0.1) is 0 Å². The zero-order valence-corrected chi connectivity index (χ0v) is 12.2. The lowest BCUT2D eigenvalue weighted by atomic mass is 10.2. The average Bonchev–Trinajstić information content (AvgIpc) is 2.40. The number of nitrogens with two attached hydrogens (primary N) is 3. The van der Waals surface area contributed by atoms with Crippen LogP contribution in [0.3, 0.4) is 0 Å². The molecule has 1 atom stereocenters. The molecule has 0 saturated carbocycles. The van der Waals surface area contributed by atoms with Crippen LogP contribution in [0.4, 0.5) is 23.0 Å². The molecule has 21 heavy (non-hydrogen) atoms. The number of carbonyl (C=O) groups is 1. The Morgan fingerprint density at radius 3 is 2.43 bits per heavy atom. The van der Waals surface area contributed by atoms with Gasteiger partial charge in [-0.25, -0.2) is 9.97 Å². The van der Waals surface area contributed by atoms with Gasteiger partial charge in [-0.3, -0.25) is 4.79 Å². The molecule has 7 N–H and O–H groups in total. The first-order valence-electron chi connectivity index (χ1n) is 6.18. The van der Waals surface area contributed by atoms with Crippen molar-refractivity contribution >= 4 is 40.7 Å². The lowest BCUT2D eigenvalue weighted by Crippen LogP contribution is -2.23. The molecule has 0 spiro atoms. The minimum atomic E-state index is -0.425. The third-order valence-electron chi connectivity index (χ3n) is 2.62. The van der Waals surface area contributed by atoms with Gasteiger partial charge in [0.2, 0.25) is 5.91 Å². The number of thioether (sulfide) groups is 1.